The number of rotatable bonds is 2. The number of carbonyl (C=O) groups is 1. The summed E-state index contributed by atoms with van der Waals surface area (Å²) in [5.74, 6) is 0. The van der Waals surface area contributed by atoms with Gasteiger partial charge in [-0.25, -0.2) is 4.79 Å². The first-order valence-electron chi connectivity index (χ1n) is 4.91. The molecule has 80 valence electrons. The van der Waals surface area contributed by atoms with Gasteiger partial charge in [-0.3, -0.25) is 0 Å². The van der Waals surface area contributed by atoms with Crippen LogP contribution in [0.3, 0.4) is 0 Å². The van der Waals surface area contributed by atoms with Crippen LogP contribution in [0.25, 0.3) is 0 Å². The molecule has 0 radical (unpaired) electrons. The maximum absolute atomic E-state index is 11.1. The van der Waals surface area contributed by atoms with Crippen molar-refractivity contribution < 1.29 is 9.53 Å². The van der Waals surface area contributed by atoms with Crippen LogP contribution in [0.15, 0.2) is 24.3 Å². The summed E-state index contributed by atoms with van der Waals surface area (Å²) in [6.45, 7) is 0.646. The Morgan fingerprint density at radius 1 is 1.60 bits per heavy atom. The molecular formula is C11H14N2O2. The van der Waals surface area contributed by atoms with E-state index >= 15 is 0 Å². The quantitative estimate of drug-likeness (QED) is 0.741. The lowest BCUT2D eigenvalue weighted by atomic mass is 10.1. The summed E-state index contributed by atoms with van der Waals surface area (Å²) in [6, 6.07) is 7.65. The van der Waals surface area contributed by atoms with Crippen molar-refractivity contribution in [1.29, 1.82) is 0 Å². The van der Waals surface area contributed by atoms with Gasteiger partial charge in [0.15, 0.2) is 0 Å². The number of carbonyl (C=O) groups excluding carboxylic acids is 1. The van der Waals surface area contributed by atoms with Crippen LogP contribution in [0.2, 0.25) is 0 Å². The number of amides is 1. The first-order valence-corrected chi connectivity index (χ1v) is 4.91. The number of ether oxygens (including phenoxy) is 1. The van der Waals surface area contributed by atoms with Crippen molar-refractivity contribution in [2.24, 2.45) is 0 Å². The second-order valence-corrected chi connectivity index (χ2v) is 3.84. The van der Waals surface area contributed by atoms with Crippen LogP contribution in [-0.2, 0) is 11.2 Å². The highest BCUT2D eigenvalue weighted by Gasteiger charge is 2.27. The summed E-state index contributed by atoms with van der Waals surface area (Å²) < 4.78 is 5.16. The van der Waals surface area contributed by atoms with Gasteiger partial charge in [-0.05, 0) is 17.7 Å². The highest BCUT2D eigenvalue weighted by atomic mass is 16.6. The molecule has 1 aliphatic heterocycles. The molecule has 0 saturated carbocycles. The van der Waals surface area contributed by atoms with Crippen LogP contribution in [0.1, 0.15) is 5.56 Å². The minimum atomic E-state index is -0.246. The monoisotopic (exact) mass is 206 g/mol. The zero-order chi connectivity index (χ0) is 10.8. The van der Waals surface area contributed by atoms with Crippen LogP contribution < -0.4 is 5.73 Å². The van der Waals surface area contributed by atoms with E-state index in [1.807, 2.05) is 24.3 Å². The standard InChI is InChI=1S/C11H14N2O2/c1-13-7-10(15-11(13)14)6-8-3-2-4-9(12)5-8/h2-5,10H,6-7,12H2,1H3. The maximum atomic E-state index is 11.1. The minimum absolute atomic E-state index is 0.0516. The normalized spacial score (nSPS) is 20.5. The average Bonchev–Trinajstić information content (AvgIpc) is 2.45. The largest absolute Gasteiger partial charge is 0.444 e. The third kappa shape index (κ3) is 2.21. The smallest absolute Gasteiger partial charge is 0.409 e. The van der Waals surface area contributed by atoms with E-state index in [-0.39, 0.29) is 12.2 Å². The Morgan fingerprint density at radius 2 is 2.40 bits per heavy atom. The molecule has 4 nitrogen and oxygen atoms in total. The molecule has 1 saturated heterocycles. The van der Waals surface area contributed by atoms with Gasteiger partial charge in [-0.2, -0.15) is 0 Å². The molecule has 1 unspecified atom stereocenters. The number of nitrogens with zero attached hydrogens (tertiary/aromatic N) is 1. The number of likely N-dealkylation sites (N-methyl/N-ethyl adjacent to an activating group) is 1. The molecular weight excluding hydrogens is 192 g/mol. The van der Waals surface area contributed by atoms with Gasteiger partial charge in [-0.15, -0.1) is 0 Å². The summed E-state index contributed by atoms with van der Waals surface area (Å²) in [5.41, 5.74) is 7.51. The van der Waals surface area contributed by atoms with E-state index in [4.69, 9.17) is 10.5 Å². The fourth-order valence-corrected chi connectivity index (χ4v) is 1.74. The highest BCUT2D eigenvalue weighted by Crippen LogP contribution is 2.15. The summed E-state index contributed by atoms with van der Waals surface area (Å²) in [7, 11) is 1.74. The minimum Gasteiger partial charge on any atom is -0.444 e. The third-order valence-corrected chi connectivity index (χ3v) is 2.47. The van der Waals surface area contributed by atoms with Gasteiger partial charge in [-0.1, -0.05) is 12.1 Å². The number of anilines is 1. The van der Waals surface area contributed by atoms with Crippen molar-refractivity contribution in [3.05, 3.63) is 29.8 Å². The van der Waals surface area contributed by atoms with Gasteiger partial charge in [0.1, 0.15) is 6.10 Å². The zero-order valence-corrected chi connectivity index (χ0v) is 8.64. The molecule has 2 N–H and O–H groups in total. The molecule has 0 aliphatic carbocycles. The van der Waals surface area contributed by atoms with Gasteiger partial charge in [0.05, 0.1) is 6.54 Å². The van der Waals surface area contributed by atoms with E-state index in [1.54, 1.807) is 11.9 Å². The average molecular weight is 206 g/mol. The van der Waals surface area contributed by atoms with E-state index < -0.39 is 0 Å². The molecule has 1 amide bonds. The van der Waals surface area contributed by atoms with Crippen LogP contribution in [0, 0.1) is 0 Å². The highest BCUT2D eigenvalue weighted by molar-refractivity contribution is 5.69. The van der Waals surface area contributed by atoms with E-state index in [1.165, 1.54) is 0 Å². The molecule has 0 bridgehead atoms. The van der Waals surface area contributed by atoms with Gasteiger partial charge >= 0.3 is 6.09 Å². The molecule has 1 aliphatic rings. The Balaban J connectivity index is 2.01. The van der Waals surface area contributed by atoms with Crippen LogP contribution >= 0.6 is 0 Å². The van der Waals surface area contributed by atoms with Crippen LogP contribution in [0.4, 0.5) is 10.5 Å². The number of nitrogen functional groups attached to an aromatic ring is 1. The molecule has 1 aromatic rings. The summed E-state index contributed by atoms with van der Waals surface area (Å²) >= 11 is 0. The van der Waals surface area contributed by atoms with Crippen molar-refractivity contribution >= 4 is 11.8 Å². The SMILES string of the molecule is CN1CC(Cc2cccc(N)c2)OC1=O. The molecule has 15 heavy (non-hydrogen) atoms. The number of hydrogen-bond donors (Lipinski definition) is 1. The predicted molar refractivity (Wildman–Crippen MR) is 57.5 cm³/mol. The number of nitrogens with two attached hydrogens (primary N) is 1. The summed E-state index contributed by atoms with van der Waals surface area (Å²) in [6.07, 6.45) is 0.425. The van der Waals surface area contributed by atoms with Gasteiger partial charge < -0.3 is 15.4 Å². The summed E-state index contributed by atoms with van der Waals surface area (Å²) in [5, 5.41) is 0. The molecule has 0 spiro atoms. The van der Waals surface area contributed by atoms with Crippen molar-refractivity contribution in [3.63, 3.8) is 0 Å². The molecule has 2 rings (SSSR count). The number of cyclic esters (lactones) is 1. The lowest BCUT2D eigenvalue weighted by Gasteiger charge is -2.08. The summed E-state index contributed by atoms with van der Waals surface area (Å²) in [4.78, 5) is 12.7. The first kappa shape index (κ1) is 9.83. The molecule has 0 aromatic heterocycles. The van der Waals surface area contributed by atoms with Crippen LogP contribution in [0.5, 0.6) is 0 Å². The van der Waals surface area contributed by atoms with Gasteiger partial charge in [0.25, 0.3) is 0 Å². The second-order valence-electron chi connectivity index (χ2n) is 3.84. The van der Waals surface area contributed by atoms with E-state index in [9.17, 15) is 4.79 Å². The maximum Gasteiger partial charge on any atom is 0.409 e. The topological polar surface area (TPSA) is 55.6 Å². The Bertz CT molecular complexity index is 379. The molecule has 1 atom stereocenters. The van der Waals surface area contributed by atoms with Crippen molar-refractivity contribution in [3.8, 4) is 0 Å². The van der Waals surface area contributed by atoms with Gasteiger partial charge in [0.2, 0.25) is 0 Å². The van der Waals surface area contributed by atoms with E-state index in [0.717, 1.165) is 17.7 Å². The Labute approximate surface area is 88.6 Å². The first-order chi connectivity index (χ1) is 7.15. The van der Waals surface area contributed by atoms with Gasteiger partial charge in [0, 0.05) is 19.2 Å². The molecule has 1 fully saturated rings. The fraction of sp³-hybridized carbons (Fsp3) is 0.364. The predicted octanol–water partition coefficient (Wildman–Crippen LogP) is 1.26. The van der Waals surface area contributed by atoms with E-state index in [2.05, 4.69) is 0 Å². The lowest BCUT2D eigenvalue weighted by molar-refractivity contribution is 0.134. The molecule has 1 aromatic carbocycles. The van der Waals surface area contributed by atoms with E-state index in [0.29, 0.717) is 6.54 Å². The van der Waals surface area contributed by atoms with Crippen molar-refractivity contribution in [2.45, 2.75) is 12.5 Å². The lowest BCUT2D eigenvalue weighted by Crippen LogP contribution is -2.20. The van der Waals surface area contributed by atoms with Crippen molar-refractivity contribution in [1.82, 2.24) is 4.90 Å². The Hall–Kier alpha value is -1.71. The fourth-order valence-electron chi connectivity index (χ4n) is 1.74. The number of hydrogen-bond acceptors (Lipinski definition) is 3. The molecule has 4 heteroatoms. The third-order valence-electron chi connectivity index (χ3n) is 2.47. The Kier molecular flexibility index (Phi) is 2.49. The Morgan fingerprint density at radius 3 is 3.00 bits per heavy atom. The number of benzene rings is 1. The van der Waals surface area contributed by atoms with Crippen LogP contribution in [-0.4, -0.2) is 30.7 Å². The second kappa shape index (κ2) is 3.81. The zero-order valence-electron chi connectivity index (χ0n) is 8.64. The molecule has 1 heterocycles. The van der Waals surface area contributed by atoms with Crippen molar-refractivity contribution in [2.75, 3.05) is 19.3 Å².